The Bertz CT molecular complexity index is 18.9. The highest BCUT2D eigenvalue weighted by Crippen LogP contribution is 1.40. The van der Waals surface area contributed by atoms with Crippen molar-refractivity contribution in [1.82, 2.24) is 10.5 Å². The van der Waals surface area contributed by atoms with Crippen LogP contribution in [0.1, 0.15) is 0 Å². The van der Waals surface area contributed by atoms with Crippen LogP contribution in [0.4, 0.5) is 0 Å². The maximum absolute atomic E-state index is 5.01. The molecule has 3 heteroatoms. The summed E-state index contributed by atoms with van der Waals surface area (Å²) in [6.45, 7) is 0. The largest absolute Gasteiger partial charge is 0.255 e. The molecule has 0 aliphatic rings. The average Bonchev–Trinajstić information content (AvgIpc) is 1.38. The van der Waals surface area contributed by atoms with Crippen LogP contribution >= 0.6 is 0 Å². The molecular weight excluding hydrogens is 66.0 g/mol. The Morgan fingerprint density at radius 2 is 2.00 bits per heavy atom. The summed E-state index contributed by atoms with van der Waals surface area (Å²) in [4.78, 5) is 0. The molecule has 0 radical (unpaired) electrons. The molecule has 0 saturated heterocycles. The zero-order valence-electron chi connectivity index (χ0n) is 3.52. The number of nitrogens with two attached hydrogens (primary N) is 1. The van der Waals surface area contributed by atoms with Crippen LogP contribution in [-0.4, -0.2) is 19.2 Å². The molecule has 0 saturated carbocycles. The highest BCUT2D eigenvalue weighted by atomic mass is 15.6. The predicted octanol–water partition coefficient (Wildman–Crippen LogP) is -1.07. The Labute approximate surface area is 31.7 Å². The number of nitrogens with one attached hydrogen (secondary N) is 1. The van der Waals surface area contributed by atoms with E-state index in [1.54, 1.807) is 14.1 Å². The molecule has 3 N–H and O–H groups in total. The second-order valence-electron chi connectivity index (χ2n) is 0.835. The number of hydrogen-bond donors (Lipinski definition) is 2. The first-order valence-electron chi connectivity index (χ1n) is 1.43. The van der Waals surface area contributed by atoms with E-state index in [2.05, 4.69) is 5.43 Å². The van der Waals surface area contributed by atoms with E-state index in [0.29, 0.717) is 0 Å². The Hall–Kier alpha value is -0.120. The van der Waals surface area contributed by atoms with E-state index in [4.69, 9.17) is 5.84 Å². The lowest BCUT2D eigenvalue weighted by Gasteiger charge is -2.02. The number of hydrazine groups is 2. The van der Waals surface area contributed by atoms with Crippen LogP contribution in [0.3, 0.4) is 0 Å². The van der Waals surface area contributed by atoms with Crippen LogP contribution in [0.15, 0.2) is 0 Å². The molecule has 3 nitrogen and oxygen atoms in total. The first kappa shape index (κ1) is 4.88. The zero-order valence-corrected chi connectivity index (χ0v) is 3.52. The van der Waals surface area contributed by atoms with Gasteiger partial charge >= 0.3 is 0 Å². The molecule has 0 fully saturated rings. The van der Waals surface area contributed by atoms with Crippen LogP contribution in [-0.2, 0) is 0 Å². The van der Waals surface area contributed by atoms with Crippen molar-refractivity contribution in [2.45, 2.75) is 0 Å². The second-order valence-corrected chi connectivity index (χ2v) is 0.835. The van der Waals surface area contributed by atoms with Gasteiger partial charge in [-0.3, -0.25) is 5.84 Å². The van der Waals surface area contributed by atoms with Gasteiger partial charge < -0.3 is 0 Å². The van der Waals surface area contributed by atoms with Crippen molar-refractivity contribution < 1.29 is 0 Å². The first-order chi connectivity index (χ1) is 2.27. The van der Waals surface area contributed by atoms with Crippen LogP contribution < -0.4 is 11.3 Å². The van der Waals surface area contributed by atoms with Gasteiger partial charge in [0, 0.05) is 14.1 Å². The summed E-state index contributed by atoms with van der Waals surface area (Å²) in [5, 5.41) is 1.38. The van der Waals surface area contributed by atoms with Gasteiger partial charge in [0.25, 0.3) is 0 Å². The van der Waals surface area contributed by atoms with Crippen LogP contribution in [0, 0.1) is 0 Å². The zero-order chi connectivity index (χ0) is 4.28. The van der Waals surface area contributed by atoms with Gasteiger partial charge in [-0.1, -0.05) is 0 Å². The van der Waals surface area contributed by atoms with Gasteiger partial charge in [-0.25, -0.2) is 5.43 Å². The minimum atomic E-state index is 1.38. The molecule has 32 valence electrons. The predicted molar refractivity (Wildman–Crippen MR) is 21.0 cm³/mol. The third-order valence-corrected chi connectivity index (χ3v) is 0.353. The molecule has 0 amide bonds. The van der Waals surface area contributed by atoms with Crippen LogP contribution in [0.2, 0.25) is 0 Å². The summed E-state index contributed by atoms with van der Waals surface area (Å²) in [5.41, 5.74) is 2.64. The molecule has 0 heterocycles. The fourth-order valence-corrected chi connectivity index (χ4v) is 0. The van der Waals surface area contributed by atoms with Gasteiger partial charge in [-0.05, 0) is 0 Å². The van der Waals surface area contributed by atoms with E-state index in [1.165, 1.54) is 5.12 Å². The van der Waals surface area contributed by atoms with E-state index in [9.17, 15) is 0 Å². The van der Waals surface area contributed by atoms with E-state index in [-0.39, 0.29) is 0 Å². The molecular formula is C2H9N3. The molecule has 0 aromatic carbocycles. The fourth-order valence-electron chi connectivity index (χ4n) is 0. The fraction of sp³-hybridized carbons (Fsp3) is 1.00. The summed E-state index contributed by atoms with van der Waals surface area (Å²) in [5.74, 6) is 5.01. The summed E-state index contributed by atoms with van der Waals surface area (Å²) in [7, 11) is 3.47. The van der Waals surface area contributed by atoms with Crippen molar-refractivity contribution in [2.24, 2.45) is 5.84 Å². The maximum atomic E-state index is 5.01. The molecule has 0 aromatic rings. The van der Waals surface area contributed by atoms with E-state index in [1.807, 2.05) is 0 Å². The second kappa shape index (κ2) is 2.14. The highest BCUT2D eigenvalue weighted by molar-refractivity contribution is 4.06. The monoisotopic (exact) mass is 75.1 g/mol. The standard InChI is InChI=1S/C2H9N3/c1-4-5(2)3/h4H,3H2,1-2H3. The van der Waals surface area contributed by atoms with Crippen molar-refractivity contribution in [3.63, 3.8) is 0 Å². The van der Waals surface area contributed by atoms with Gasteiger partial charge in [0.05, 0.1) is 0 Å². The summed E-state index contributed by atoms with van der Waals surface area (Å²) >= 11 is 0. The highest BCUT2D eigenvalue weighted by Gasteiger charge is 1.68. The lowest BCUT2D eigenvalue weighted by molar-refractivity contribution is 0.270. The molecule has 0 unspecified atom stereocenters. The normalized spacial score (nSPS) is 9.60. The summed E-state index contributed by atoms with van der Waals surface area (Å²) < 4.78 is 0. The minimum Gasteiger partial charge on any atom is -0.255 e. The number of hydrogen-bond acceptors (Lipinski definition) is 3. The van der Waals surface area contributed by atoms with Gasteiger partial charge in [0.1, 0.15) is 0 Å². The van der Waals surface area contributed by atoms with Gasteiger partial charge in [0.2, 0.25) is 0 Å². The van der Waals surface area contributed by atoms with Crippen molar-refractivity contribution in [3.8, 4) is 0 Å². The average molecular weight is 75.1 g/mol. The number of nitrogens with zero attached hydrogens (tertiary/aromatic N) is 1. The van der Waals surface area contributed by atoms with E-state index < -0.39 is 0 Å². The lowest BCUT2D eigenvalue weighted by Crippen LogP contribution is -2.36. The molecule has 0 atom stereocenters. The van der Waals surface area contributed by atoms with Gasteiger partial charge in [-0.2, -0.15) is 5.12 Å². The third kappa shape index (κ3) is 3.88. The van der Waals surface area contributed by atoms with Gasteiger partial charge in [0.15, 0.2) is 0 Å². The Morgan fingerprint density at radius 1 is 1.80 bits per heavy atom. The molecule has 0 aromatic heterocycles. The van der Waals surface area contributed by atoms with Gasteiger partial charge in [-0.15, -0.1) is 0 Å². The summed E-state index contributed by atoms with van der Waals surface area (Å²) in [6, 6.07) is 0. The van der Waals surface area contributed by atoms with E-state index >= 15 is 0 Å². The van der Waals surface area contributed by atoms with Crippen LogP contribution in [0.25, 0.3) is 0 Å². The lowest BCUT2D eigenvalue weighted by atomic mass is 11.3. The topological polar surface area (TPSA) is 41.3 Å². The van der Waals surface area contributed by atoms with Crippen molar-refractivity contribution >= 4 is 0 Å². The summed E-state index contributed by atoms with van der Waals surface area (Å²) in [6.07, 6.45) is 0. The van der Waals surface area contributed by atoms with Crippen LogP contribution in [0.5, 0.6) is 0 Å². The Morgan fingerprint density at radius 3 is 2.00 bits per heavy atom. The third-order valence-electron chi connectivity index (χ3n) is 0.353. The molecule has 0 bridgehead atoms. The SMILES string of the molecule is CNN(C)N. The minimum absolute atomic E-state index is 1.38. The Kier molecular flexibility index (Phi) is 2.09. The first-order valence-corrected chi connectivity index (χ1v) is 1.43. The molecule has 0 aliphatic carbocycles. The smallest absolute Gasteiger partial charge is 0.0171 e. The quantitative estimate of drug-likeness (QED) is 0.308. The van der Waals surface area contributed by atoms with E-state index in [0.717, 1.165) is 0 Å². The molecule has 0 rings (SSSR count). The molecule has 5 heavy (non-hydrogen) atoms. The van der Waals surface area contributed by atoms with Crippen molar-refractivity contribution in [2.75, 3.05) is 14.1 Å². The Balaban J connectivity index is 2.54. The van der Waals surface area contributed by atoms with Crippen molar-refractivity contribution in [1.29, 1.82) is 0 Å². The number of rotatable bonds is 1. The molecule has 0 aliphatic heterocycles. The maximum Gasteiger partial charge on any atom is 0.0171 e. The van der Waals surface area contributed by atoms with Crippen molar-refractivity contribution in [3.05, 3.63) is 0 Å². The molecule has 0 spiro atoms.